The Hall–Kier alpha value is -1.56. The lowest BCUT2D eigenvalue weighted by molar-refractivity contribution is 0.0698. The molecule has 0 fully saturated rings. The minimum Gasteiger partial charge on any atom is -0.478 e. The number of anilines is 1. The number of rotatable bonds is 5. The van der Waals surface area contributed by atoms with E-state index in [0.29, 0.717) is 11.0 Å². The van der Waals surface area contributed by atoms with E-state index in [1.165, 1.54) is 11.0 Å². The van der Waals surface area contributed by atoms with Gasteiger partial charge in [0.25, 0.3) is 0 Å². The number of hydrogen-bond donors (Lipinski definition) is 2. The summed E-state index contributed by atoms with van der Waals surface area (Å²) in [5, 5.41) is 11.7. The van der Waals surface area contributed by atoms with Crippen molar-refractivity contribution in [3.05, 3.63) is 28.2 Å². The van der Waals surface area contributed by atoms with Gasteiger partial charge in [-0.3, -0.25) is 0 Å². The van der Waals surface area contributed by atoms with Crippen LogP contribution in [-0.2, 0) is 0 Å². The fourth-order valence-electron chi connectivity index (χ4n) is 1.53. The van der Waals surface area contributed by atoms with Crippen LogP contribution in [0.1, 0.15) is 30.1 Å². The Labute approximate surface area is 120 Å². The van der Waals surface area contributed by atoms with E-state index in [1.54, 1.807) is 19.2 Å². The number of nitrogens with one attached hydrogen (secondary N) is 1. The zero-order valence-electron chi connectivity index (χ0n) is 10.9. The zero-order chi connectivity index (χ0) is 14.4. The van der Waals surface area contributed by atoms with Crippen molar-refractivity contribution in [1.82, 2.24) is 4.90 Å². The zero-order valence-corrected chi connectivity index (χ0v) is 12.5. The van der Waals surface area contributed by atoms with Gasteiger partial charge in [-0.2, -0.15) is 0 Å². The third-order valence-corrected chi connectivity index (χ3v) is 3.33. The van der Waals surface area contributed by atoms with E-state index in [1.807, 2.05) is 6.92 Å². The highest BCUT2D eigenvalue weighted by Crippen LogP contribution is 2.26. The average molecular weight is 329 g/mol. The van der Waals surface area contributed by atoms with Gasteiger partial charge in [-0.25, -0.2) is 9.59 Å². The third kappa shape index (κ3) is 4.24. The van der Waals surface area contributed by atoms with Crippen LogP contribution >= 0.6 is 15.9 Å². The Morgan fingerprint density at radius 3 is 2.68 bits per heavy atom. The van der Waals surface area contributed by atoms with E-state index < -0.39 is 5.97 Å². The monoisotopic (exact) mass is 328 g/mol. The maximum absolute atomic E-state index is 11.9. The Morgan fingerprint density at radius 2 is 2.11 bits per heavy atom. The smallest absolute Gasteiger partial charge is 0.337 e. The molecular weight excluding hydrogens is 312 g/mol. The fourth-order valence-corrected chi connectivity index (χ4v) is 1.99. The summed E-state index contributed by atoms with van der Waals surface area (Å²) in [7, 11) is 1.68. The topological polar surface area (TPSA) is 69.6 Å². The van der Waals surface area contributed by atoms with Crippen LogP contribution < -0.4 is 5.32 Å². The first-order chi connectivity index (χ1) is 8.97. The first-order valence-electron chi connectivity index (χ1n) is 6.01. The molecule has 0 aliphatic rings. The van der Waals surface area contributed by atoms with Gasteiger partial charge in [-0.15, -0.1) is 0 Å². The van der Waals surface area contributed by atoms with Crippen LogP contribution in [0.2, 0.25) is 0 Å². The maximum atomic E-state index is 11.9. The van der Waals surface area contributed by atoms with E-state index in [-0.39, 0.29) is 17.3 Å². The van der Waals surface area contributed by atoms with Gasteiger partial charge in [-0.1, -0.05) is 19.4 Å². The molecule has 2 N–H and O–H groups in total. The number of carboxylic acids is 1. The van der Waals surface area contributed by atoms with Gasteiger partial charge in [0.05, 0.1) is 11.3 Å². The van der Waals surface area contributed by atoms with E-state index >= 15 is 0 Å². The summed E-state index contributed by atoms with van der Waals surface area (Å²) >= 11 is 3.25. The van der Waals surface area contributed by atoms with Gasteiger partial charge < -0.3 is 15.3 Å². The highest BCUT2D eigenvalue weighted by molar-refractivity contribution is 9.10. The van der Waals surface area contributed by atoms with Crippen molar-refractivity contribution >= 4 is 33.6 Å². The first-order valence-corrected chi connectivity index (χ1v) is 6.80. The second kappa shape index (κ2) is 7.13. The molecule has 6 heteroatoms. The number of carbonyl (C=O) groups excluding carboxylic acids is 1. The molecular formula is C13H17BrN2O3. The largest absolute Gasteiger partial charge is 0.478 e. The molecule has 0 spiro atoms. The predicted molar refractivity (Wildman–Crippen MR) is 77.7 cm³/mol. The number of aromatic carboxylic acids is 1. The van der Waals surface area contributed by atoms with Crippen LogP contribution in [0, 0.1) is 0 Å². The lowest BCUT2D eigenvalue weighted by Gasteiger charge is -2.19. The van der Waals surface area contributed by atoms with Gasteiger partial charge in [0, 0.05) is 18.1 Å². The van der Waals surface area contributed by atoms with Crippen molar-refractivity contribution in [1.29, 1.82) is 0 Å². The van der Waals surface area contributed by atoms with Gasteiger partial charge in [0.15, 0.2) is 0 Å². The molecule has 0 unspecified atom stereocenters. The number of hydrogen-bond acceptors (Lipinski definition) is 2. The van der Waals surface area contributed by atoms with Gasteiger partial charge in [0.1, 0.15) is 0 Å². The van der Waals surface area contributed by atoms with E-state index in [0.717, 1.165) is 12.8 Å². The second-order valence-corrected chi connectivity index (χ2v) is 5.03. The van der Waals surface area contributed by atoms with E-state index in [2.05, 4.69) is 21.2 Å². The van der Waals surface area contributed by atoms with Crippen LogP contribution in [0.15, 0.2) is 22.7 Å². The molecule has 0 aliphatic carbocycles. The van der Waals surface area contributed by atoms with Gasteiger partial charge in [0.2, 0.25) is 0 Å². The molecule has 1 aromatic rings. The number of unbranched alkanes of at least 4 members (excludes halogenated alkanes) is 1. The molecule has 0 radical (unpaired) electrons. The minimum atomic E-state index is -1.08. The molecule has 1 aromatic carbocycles. The molecule has 0 aromatic heterocycles. The van der Waals surface area contributed by atoms with Crippen molar-refractivity contribution in [2.45, 2.75) is 19.8 Å². The van der Waals surface area contributed by atoms with Gasteiger partial charge in [-0.05, 0) is 34.5 Å². The summed E-state index contributed by atoms with van der Waals surface area (Å²) in [5.74, 6) is -1.08. The summed E-state index contributed by atoms with van der Waals surface area (Å²) in [6, 6.07) is 4.44. The number of para-hydroxylation sites is 1. The number of carboxylic acid groups (broad SMARTS) is 1. The Morgan fingerprint density at radius 1 is 1.42 bits per heavy atom. The number of urea groups is 1. The number of nitrogens with zero attached hydrogens (tertiary/aromatic N) is 1. The van der Waals surface area contributed by atoms with Crippen molar-refractivity contribution in [3.8, 4) is 0 Å². The van der Waals surface area contributed by atoms with Crippen molar-refractivity contribution < 1.29 is 14.7 Å². The molecule has 0 atom stereocenters. The number of benzene rings is 1. The Bertz CT molecular complexity index is 477. The Kier molecular flexibility index (Phi) is 5.82. The number of amides is 2. The minimum absolute atomic E-state index is 0.0617. The number of halogens is 1. The molecule has 5 nitrogen and oxygen atoms in total. The molecule has 1 rings (SSSR count). The normalized spacial score (nSPS) is 10.1. The van der Waals surface area contributed by atoms with Crippen LogP contribution in [0.4, 0.5) is 10.5 Å². The predicted octanol–water partition coefficient (Wildman–Crippen LogP) is 3.41. The molecule has 0 aliphatic heterocycles. The summed E-state index contributed by atoms with van der Waals surface area (Å²) in [6.45, 7) is 2.68. The van der Waals surface area contributed by atoms with Crippen LogP contribution in [-0.4, -0.2) is 35.6 Å². The Balaban J connectivity index is 2.87. The van der Waals surface area contributed by atoms with Crippen LogP contribution in [0.5, 0.6) is 0 Å². The highest BCUT2D eigenvalue weighted by Gasteiger charge is 2.16. The number of carbonyl (C=O) groups is 2. The molecule has 0 saturated heterocycles. The maximum Gasteiger partial charge on any atom is 0.337 e. The summed E-state index contributed by atoms with van der Waals surface area (Å²) < 4.78 is 0.546. The average Bonchev–Trinajstić information content (AvgIpc) is 2.37. The van der Waals surface area contributed by atoms with Crippen molar-refractivity contribution in [2.24, 2.45) is 0 Å². The summed E-state index contributed by atoms with van der Waals surface area (Å²) in [4.78, 5) is 24.6. The second-order valence-electron chi connectivity index (χ2n) is 4.17. The molecule has 0 saturated carbocycles. The standard InChI is InChI=1S/C13H17BrN2O3/c1-3-4-8-16(2)13(19)15-11-9(12(17)18)6-5-7-10(11)14/h5-7H,3-4,8H2,1-2H3,(H,15,19)(H,17,18). The van der Waals surface area contributed by atoms with Crippen LogP contribution in [0.3, 0.4) is 0 Å². The highest BCUT2D eigenvalue weighted by atomic mass is 79.9. The quantitative estimate of drug-likeness (QED) is 0.870. The van der Waals surface area contributed by atoms with E-state index in [4.69, 9.17) is 5.11 Å². The molecule has 19 heavy (non-hydrogen) atoms. The SMILES string of the molecule is CCCCN(C)C(=O)Nc1c(Br)cccc1C(=O)O. The third-order valence-electron chi connectivity index (χ3n) is 2.67. The molecule has 0 bridgehead atoms. The van der Waals surface area contributed by atoms with Crippen molar-refractivity contribution in [3.63, 3.8) is 0 Å². The first kappa shape index (κ1) is 15.5. The fraction of sp³-hybridized carbons (Fsp3) is 0.385. The lowest BCUT2D eigenvalue weighted by atomic mass is 10.2. The van der Waals surface area contributed by atoms with Gasteiger partial charge >= 0.3 is 12.0 Å². The lowest BCUT2D eigenvalue weighted by Crippen LogP contribution is -2.32. The molecule has 0 heterocycles. The molecule has 104 valence electrons. The molecule has 2 amide bonds. The van der Waals surface area contributed by atoms with E-state index in [9.17, 15) is 9.59 Å². The van der Waals surface area contributed by atoms with Crippen molar-refractivity contribution in [2.75, 3.05) is 18.9 Å². The summed E-state index contributed by atoms with van der Waals surface area (Å²) in [6.07, 6.45) is 1.90. The van der Waals surface area contributed by atoms with Crippen LogP contribution in [0.25, 0.3) is 0 Å². The summed E-state index contributed by atoms with van der Waals surface area (Å²) in [5.41, 5.74) is 0.343.